The molecule has 0 spiro atoms. The van der Waals surface area contributed by atoms with Gasteiger partial charge >= 0.3 is 0 Å². The van der Waals surface area contributed by atoms with Gasteiger partial charge in [-0.05, 0) is 48.6 Å². The Kier molecular flexibility index (Phi) is 13.1. The second-order valence-corrected chi connectivity index (χ2v) is 8.20. The van der Waals surface area contributed by atoms with Gasteiger partial charge in [-0.25, -0.2) is 4.98 Å². The van der Waals surface area contributed by atoms with Crippen molar-refractivity contribution in [2.24, 2.45) is 11.8 Å². The first-order valence-electron chi connectivity index (χ1n) is 10.9. The Morgan fingerprint density at radius 1 is 1.09 bits per heavy atom. The number of aliphatic hydroxyl groups excluding tert-OH is 1. The van der Waals surface area contributed by atoms with E-state index in [1.54, 1.807) is 17.5 Å². The molecule has 0 unspecified atom stereocenters. The first-order valence-corrected chi connectivity index (χ1v) is 11.8. The second kappa shape index (κ2) is 14.9. The summed E-state index contributed by atoms with van der Waals surface area (Å²) in [6.07, 6.45) is 6.66. The Balaban J connectivity index is 0.000000312. The van der Waals surface area contributed by atoms with Crippen LogP contribution in [-0.4, -0.2) is 15.9 Å². The Labute approximate surface area is 209 Å². The van der Waals surface area contributed by atoms with Gasteiger partial charge in [-0.3, -0.25) is 4.79 Å². The fraction of sp³-hybridized carbons (Fsp3) is 0.385. The van der Waals surface area contributed by atoms with E-state index in [1.165, 1.54) is 6.08 Å². The fourth-order valence-electron chi connectivity index (χ4n) is 3.26. The molecule has 0 bridgehead atoms. The van der Waals surface area contributed by atoms with Crippen molar-refractivity contribution in [1.82, 2.24) is 4.98 Å². The molecule has 32 heavy (non-hydrogen) atoms. The Hall–Kier alpha value is -2.01. The van der Waals surface area contributed by atoms with Crippen LogP contribution in [0.15, 0.2) is 59.8 Å². The number of aliphatic hydroxyl groups is 1. The van der Waals surface area contributed by atoms with E-state index >= 15 is 0 Å². The van der Waals surface area contributed by atoms with Crippen molar-refractivity contribution in [3.63, 3.8) is 0 Å². The van der Waals surface area contributed by atoms with Gasteiger partial charge in [0.05, 0.1) is 10.5 Å². The maximum Gasteiger partial charge on any atom is 0.235 e. The van der Waals surface area contributed by atoms with E-state index in [-0.39, 0.29) is 43.5 Å². The van der Waals surface area contributed by atoms with Gasteiger partial charge < -0.3 is 9.84 Å². The van der Waals surface area contributed by atoms with E-state index in [1.807, 2.05) is 63.4 Å². The van der Waals surface area contributed by atoms with Crippen LogP contribution in [0.3, 0.4) is 0 Å². The number of carbonyl (C=O) groups is 1. The predicted octanol–water partition coefficient (Wildman–Crippen LogP) is 7.76. The van der Waals surface area contributed by atoms with Crippen LogP contribution >= 0.6 is 11.3 Å². The van der Waals surface area contributed by atoms with Crippen molar-refractivity contribution < 1.29 is 34.7 Å². The molecule has 0 atom stereocenters. The number of pyridine rings is 1. The smallest absolute Gasteiger partial charge is 0.235 e. The molecule has 0 aliphatic rings. The molecule has 175 valence electrons. The third-order valence-corrected chi connectivity index (χ3v) is 6.22. The molecular weight excluding hydrogens is 599 g/mol. The summed E-state index contributed by atoms with van der Waals surface area (Å²) < 4.78 is 6.76. The van der Waals surface area contributed by atoms with Gasteiger partial charge in [-0.2, -0.15) is 18.2 Å². The summed E-state index contributed by atoms with van der Waals surface area (Å²) in [5.41, 5.74) is 0. The number of para-hydroxylation sites is 1. The number of aromatic nitrogens is 1. The van der Waals surface area contributed by atoms with Gasteiger partial charge in [0.25, 0.3) is 0 Å². The molecule has 0 saturated carbocycles. The van der Waals surface area contributed by atoms with Crippen molar-refractivity contribution in [3.05, 3.63) is 65.9 Å². The SMILES string of the molecule is CCC(CC)C(=O)/C=C(\O)C(CC)CC.[Ir].[c-]1ccccc1Oc1nccc2ccsc12. The molecule has 1 N–H and O–H groups in total. The van der Waals surface area contributed by atoms with Crippen molar-refractivity contribution in [2.75, 3.05) is 0 Å². The standard InChI is InChI=1S/C13H8NOS.C13H24O2.Ir/c1-2-4-11(5-3-1)15-13-12-10(6-8-14-13)7-9-16-12;1-5-10(6-2)12(14)9-13(15)11(7-3)8-4;/h1-4,6-9H;9-11,14H,5-8H2,1-4H3;/q-1;;/b;12-9-;. The van der Waals surface area contributed by atoms with Crippen molar-refractivity contribution in [3.8, 4) is 11.6 Å². The summed E-state index contributed by atoms with van der Waals surface area (Å²) in [6.45, 7) is 8.07. The Morgan fingerprint density at radius 3 is 2.38 bits per heavy atom. The van der Waals surface area contributed by atoms with Crippen LogP contribution in [0, 0.1) is 17.9 Å². The first kappa shape index (κ1) is 28.0. The molecule has 0 saturated heterocycles. The molecule has 1 aromatic carbocycles. The van der Waals surface area contributed by atoms with Crippen LogP contribution < -0.4 is 4.74 Å². The van der Waals surface area contributed by atoms with Gasteiger partial charge in [0.15, 0.2) is 5.78 Å². The van der Waals surface area contributed by atoms with E-state index in [4.69, 9.17) is 4.74 Å². The molecule has 0 aliphatic carbocycles. The number of nitrogens with zero attached hydrogens (tertiary/aromatic N) is 1. The number of carbonyl (C=O) groups excluding carboxylic acids is 1. The zero-order valence-corrected chi connectivity index (χ0v) is 22.3. The number of hydrogen-bond donors (Lipinski definition) is 1. The molecule has 2 aromatic heterocycles. The van der Waals surface area contributed by atoms with Gasteiger partial charge in [-0.15, -0.1) is 23.5 Å². The minimum atomic E-state index is 0. The number of ether oxygens (including phenoxy) is 1. The second-order valence-electron chi connectivity index (χ2n) is 7.28. The largest absolute Gasteiger partial charge is 0.512 e. The van der Waals surface area contributed by atoms with E-state index in [2.05, 4.69) is 17.1 Å². The van der Waals surface area contributed by atoms with Gasteiger partial charge in [0.2, 0.25) is 5.88 Å². The van der Waals surface area contributed by atoms with Crippen LogP contribution in [0.2, 0.25) is 0 Å². The van der Waals surface area contributed by atoms with Crippen LogP contribution in [0.1, 0.15) is 53.4 Å². The summed E-state index contributed by atoms with van der Waals surface area (Å²) in [5, 5.41) is 13.0. The van der Waals surface area contributed by atoms with Crippen molar-refractivity contribution in [1.29, 1.82) is 0 Å². The van der Waals surface area contributed by atoms with Gasteiger partial charge in [-0.1, -0.05) is 27.7 Å². The van der Waals surface area contributed by atoms with Crippen LogP contribution in [0.25, 0.3) is 10.1 Å². The van der Waals surface area contributed by atoms with Crippen molar-refractivity contribution >= 4 is 27.2 Å². The maximum atomic E-state index is 11.7. The number of allylic oxidation sites excluding steroid dienone is 2. The zero-order valence-electron chi connectivity index (χ0n) is 19.1. The van der Waals surface area contributed by atoms with E-state index in [0.717, 1.165) is 35.8 Å². The fourth-order valence-corrected chi connectivity index (χ4v) is 4.08. The number of benzene rings is 1. The van der Waals surface area contributed by atoms with Gasteiger partial charge in [0, 0.05) is 50.0 Å². The third-order valence-electron chi connectivity index (χ3n) is 5.30. The summed E-state index contributed by atoms with van der Waals surface area (Å²) >= 11 is 1.63. The molecular formula is C26H32IrNO3S-. The van der Waals surface area contributed by atoms with Crippen molar-refractivity contribution in [2.45, 2.75) is 53.4 Å². The number of rotatable bonds is 9. The summed E-state index contributed by atoms with van der Waals surface area (Å²) in [6, 6.07) is 14.6. The predicted molar refractivity (Wildman–Crippen MR) is 129 cm³/mol. The van der Waals surface area contributed by atoms with Gasteiger partial charge in [0.1, 0.15) is 0 Å². The van der Waals surface area contributed by atoms with Crippen LogP contribution in [0.4, 0.5) is 0 Å². The first-order chi connectivity index (χ1) is 15.0. The molecule has 4 nitrogen and oxygen atoms in total. The molecule has 0 aliphatic heterocycles. The summed E-state index contributed by atoms with van der Waals surface area (Å²) in [7, 11) is 0. The number of thiophene rings is 1. The van der Waals surface area contributed by atoms with E-state index in [0.29, 0.717) is 11.6 Å². The summed E-state index contributed by atoms with van der Waals surface area (Å²) in [4.78, 5) is 16.0. The maximum absolute atomic E-state index is 11.7. The molecule has 6 heteroatoms. The van der Waals surface area contributed by atoms with E-state index in [9.17, 15) is 9.90 Å². The number of ketones is 1. The molecule has 3 rings (SSSR count). The van der Waals surface area contributed by atoms with E-state index < -0.39 is 0 Å². The minimum Gasteiger partial charge on any atom is -0.512 e. The quantitative estimate of drug-likeness (QED) is 0.149. The average Bonchev–Trinajstić information content (AvgIpc) is 3.27. The minimum absolute atomic E-state index is 0. The van der Waals surface area contributed by atoms with Crippen LogP contribution in [0.5, 0.6) is 11.6 Å². The molecule has 2 heterocycles. The summed E-state index contributed by atoms with van der Waals surface area (Å²) in [5.74, 6) is 1.89. The normalized spacial score (nSPS) is 11.1. The topological polar surface area (TPSA) is 59.4 Å². The number of hydrogen-bond acceptors (Lipinski definition) is 5. The molecule has 3 aromatic rings. The zero-order chi connectivity index (χ0) is 22.6. The van der Waals surface area contributed by atoms with Crippen LogP contribution in [-0.2, 0) is 24.9 Å². The Bertz CT molecular complexity index is 963. The molecule has 0 amide bonds. The Morgan fingerprint density at radius 2 is 1.78 bits per heavy atom. The monoisotopic (exact) mass is 631 g/mol. The molecule has 0 fully saturated rings. The number of fused-ring (bicyclic) bond motifs is 1. The molecule has 1 radical (unpaired) electrons. The average molecular weight is 631 g/mol. The third kappa shape index (κ3) is 8.16.